The molecule has 0 aromatic carbocycles. The second-order valence-corrected chi connectivity index (χ2v) is 1.60. The fraction of sp³-hybridized carbons (Fsp3) is 0.500. The maximum Gasteiger partial charge on any atom is 0.241 e. The standard InChI is InChI=1S/C6H11NO3/c1-9-6(10-2)4-3-5(7)8/h3-4,6H,1-2H3,(H2,7,8)/b4-3-. The highest BCUT2D eigenvalue weighted by Gasteiger charge is 1.97. The largest absolute Gasteiger partial charge is 0.366 e. The molecule has 4 nitrogen and oxygen atoms in total. The van der Waals surface area contributed by atoms with Crippen LogP contribution >= 0.6 is 0 Å². The van der Waals surface area contributed by atoms with Crippen LogP contribution in [-0.2, 0) is 14.3 Å². The van der Waals surface area contributed by atoms with Crippen molar-refractivity contribution in [1.82, 2.24) is 0 Å². The average molecular weight is 145 g/mol. The molecule has 0 heterocycles. The number of hydrogen-bond acceptors (Lipinski definition) is 3. The normalized spacial score (nSPS) is 11.1. The van der Waals surface area contributed by atoms with Gasteiger partial charge in [-0.1, -0.05) is 0 Å². The second kappa shape index (κ2) is 4.96. The number of hydrogen-bond donors (Lipinski definition) is 1. The highest BCUT2D eigenvalue weighted by Crippen LogP contribution is 1.91. The van der Waals surface area contributed by atoms with Crippen LogP contribution in [0.1, 0.15) is 0 Å². The van der Waals surface area contributed by atoms with Crippen molar-refractivity contribution in [3.8, 4) is 0 Å². The molecule has 0 spiro atoms. The summed E-state index contributed by atoms with van der Waals surface area (Å²) in [6, 6.07) is 0. The van der Waals surface area contributed by atoms with Gasteiger partial charge in [0.1, 0.15) is 0 Å². The first-order valence-electron chi connectivity index (χ1n) is 2.74. The van der Waals surface area contributed by atoms with E-state index in [4.69, 9.17) is 15.2 Å². The minimum absolute atomic E-state index is 0.493. The van der Waals surface area contributed by atoms with Gasteiger partial charge in [0.15, 0.2) is 6.29 Å². The predicted octanol–water partition coefficient (Wildman–Crippen LogP) is -0.353. The van der Waals surface area contributed by atoms with Crippen molar-refractivity contribution in [1.29, 1.82) is 0 Å². The highest BCUT2D eigenvalue weighted by atomic mass is 16.7. The van der Waals surface area contributed by atoms with Crippen molar-refractivity contribution in [2.45, 2.75) is 6.29 Å². The smallest absolute Gasteiger partial charge is 0.241 e. The lowest BCUT2D eigenvalue weighted by Crippen LogP contribution is -2.12. The zero-order valence-electron chi connectivity index (χ0n) is 6.03. The molecule has 0 aliphatic carbocycles. The molecule has 0 rings (SSSR count). The summed E-state index contributed by atoms with van der Waals surface area (Å²) < 4.78 is 9.47. The van der Waals surface area contributed by atoms with E-state index in [0.29, 0.717) is 0 Å². The number of ether oxygens (including phenoxy) is 2. The van der Waals surface area contributed by atoms with Crippen LogP contribution in [0.5, 0.6) is 0 Å². The van der Waals surface area contributed by atoms with Crippen molar-refractivity contribution in [3.63, 3.8) is 0 Å². The number of primary amides is 1. The maximum atomic E-state index is 10.2. The first-order chi connectivity index (χ1) is 4.70. The summed E-state index contributed by atoms with van der Waals surface area (Å²) in [5.74, 6) is -0.515. The minimum atomic E-state index is -0.515. The first kappa shape index (κ1) is 9.13. The van der Waals surface area contributed by atoms with Gasteiger partial charge in [0.05, 0.1) is 0 Å². The molecule has 0 radical (unpaired) electrons. The van der Waals surface area contributed by atoms with Gasteiger partial charge in [0, 0.05) is 20.3 Å². The minimum Gasteiger partial charge on any atom is -0.366 e. The average Bonchev–Trinajstić information content (AvgIpc) is 1.90. The van der Waals surface area contributed by atoms with Gasteiger partial charge in [-0.05, 0) is 6.08 Å². The fourth-order valence-corrected chi connectivity index (χ4v) is 0.427. The van der Waals surface area contributed by atoms with E-state index in [1.807, 2.05) is 0 Å². The molecule has 0 saturated carbocycles. The molecule has 58 valence electrons. The Balaban J connectivity index is 3.72. The monoisotopic (exact) mass is 145 g/mol. The van der Waals surface area contributed by atoms with Crippen LogP contribution in [0.25, 0.3) is 0 Å². The number of methoxy groups -OCH3 is 2. The van der Waals surface area contributed by atoms with E-state index < -0.39 is 12.2 Å². The van der Waals surface area contributed by atoms with Crippen molar-refractivity contribution < 1.29 is 14.3 Å². The lowest BCUT2D eigenvalue weighted by molar-refractivity contribution is -0.114. The fourth-order valence-electron chi connectivity index (χ4n) is 0.427. The summed E-state index contributed by atoms with van der Waals surface area (Å²) in [7, 11) is 2.94. The molecule has 0 bridgehead atoms. The van der Waals surface area contributed by atoms with Crippen LogP contribution in [0, 0.1) is 0 Å². The van der Waals surface area contributed by atoms with E-state index in [9.17, 15) is 4.79 Å². The molecule has 0 aliphatic heterocycles. The quantitative estimate of drug-likeness (QED) is 0.434. The molecule has 0 aromatic heterocycles. The van der Waals surface area contributed by atoms with Crippen LogP contribution in [0.2, 0.25) is 0 Å². The third-order valence-corrected chi connectivity index (χ3v) is 0.882. The Morgan fingerprint density at radius 1 is 1.50 bits per heavy atom. The predicted molar refractivity (Wildman–Crippen MR) is 36.1 cm³/mol. The topological polar surface area (TPSA) is 61.5 Å². The third kappa shape index (κ3) is 4.05. The van der Waals surface area contributed by atoms with Gasteiger partial charge in [-0.2, -0.15) is 0 Å². The zero-order valence-corrected chi connectivity index (χ0v) is 6.03. The second-order valence-electron chi connectivity index (χ2n) is 1.60. The number of rotatable bonds is 4. The maximum absolute atomic E-state index is 10.2. The lowest BCUT2D eigenvalue weighted by Gasteiger charge is -2.05. The van der Waals surface area contributed by atoms with E-state index in [1.54, 1.807) is 0 Å². The molecule has 0 aromatic rings. The SMILES string of the molecule is COC(/C=C\C(N)=O)OC. The van der Waals surface area contributed by atoms with Crippen LogP contribution in [0.15, 0.2) is 12.2 Å². The van der Waals surface area contributed by atoms with Gasteiger partial charge >= 0.3 is 0 Å². The Morgan fingerprint density at radius 3 is 2.30 bits per heavy atom. The van der Waals surface area contributed by atoms with E-state index in [2.05, 4.69) is 0 Å². The van der Waals surface area contributed by atoms with E-state index in [0.717, 1.165) is 0 Å². The summed E-state index contributed by atoms with van der Waals surface area (Å²) in [5.41, 5.74) is 4.81. The van der Waals surface area contributed by atoms with Gasteiger partial charge in [0.25, 0.3) is 0 Å². The van der Waals surface area contributed by atoms with E-state index in [1.165, 1.54) is 26.4 Å². The molecule has 1 amide bonds. The van der Waals surface area contributed by atoms with Gasteiger partial charge in [-0.15, -0.1) is 0 Å². The van der Waals surface area contributed by atoms with E-state index >= 15 is 0 Å². The molecular weight excluding hydrogens is 134 g/mol. The highest BCUT2D eigenvalue weighted by molar-refractivity contribution is 5.85. The molecule has 0 saturated heterocycles. The Kier molecular flexibility index (Phi) is 4.53. The summed E-state index contributed by atoms with van der Waals surface area (Å²) in [6.07, 6.45) is 2.13. The van der Waals surface area contributed by atoms with E-state index in [-0.39, 0.29) is 0 Å². The van der Waals surface area contributed by atoms with Gasteiger partial charge < -0.3 is 15.2 Å². The Bertz CT molecular complexity index is 129. The number of carbonyl (C=O) groups excluding carboxylic acids is 1. The summed E-state index contributed by atoms with van der Waals surface area (Å²) >= 11 is 0. The summed E-state index contributed by atoms with van der Waals surface area (Å²) in [5, 5.41) is 0. The molecule has 0 atom stereocenters. The van der Waals surface area contributed by atoms with Crippen molar-refractivity contribution in [3.05, 3.63) is 12.2 Å². The number of nitrogens with two attached hydrogens (primary N) is 1. The summed E-state index contributed by atoms with van der Waals surface area (Å²) in [4.78, 5) is 10.2. The lowest BCUT2D eigenvalue weighted by atomic mass is 10.5. The molecule has 0 unspecified atom stereocenters. The van der Waals surface area contributed by atoms with Crippen molar-refractivity contribution >= 4 is 5.91 Å². The number of carbonyl (C=O) groups is 1. The molecule has 2 N–H and O–H groups in total. The first-order valence-corrected chi connectivity index (χ1v) is 2.74. The molecule has 0 fully saturated rings. The zero-order chi connectivity index (χ0) is 7.98. The van der Waals surface area contributed by atoms with Crippen molar-refractivity contribution in [2.75, 3.05) is 14.2 Å². The Hall–Kier alpha value is -0.870. The van der Waals surface area contributed by atoms with Crippen LogP contribution in [0.3, 0.4) is 0 Å². The molecule has 4 heteroatoms. The van der Waals surface area contributed by atoms with Crippen LogP contribution < -0.4 is 5.73 Å². The third-order valence-electron chi connectivity index (χ3n) is 0.882. The van der Waals surface area contributed by atoms with Crippen LogP contribution in [-0.4, -0.2) is 26.4 Å². The molecular formula is C6H11NO3. The molecule has 10 heavy (non-hydrogen) atoms. The van der Waals surface area contributed by atoms with Gasteiger partial charge in [-0.25, -0.2) is 0 Å². The Labute approximate surface area is 59.6 Å². The van der Waals surface area contributed by atoms with Crippen molar-refractivity contribution in [2.24, 2.45) is 5.73 Å². The Morgan fingerprint density at radius 2 is 2.00 bits per heavy atom. The van der Waals surface area contributed by atoms with Gasteiger partial charge in [0.2, 0.25) is 5.91 Å². The number of amides is 1. The van der Waals surface area contributed by atoms with Gasteiger partial charge in [-0.3, -0.25) is 4.79 Å². The molecule has 0 aliphatic rings. The summed E-state index contributed by atoms with van der Waals surface area (Å²) in [6.45, 7) is 0. The van der Waals surface area contributed by atoms with Crippen LogP contribution in [0.4, 0.5) is 0 Å².